The number of thioether (sulfide) groups is 1. The second kappa shape index (κ2) is 7.83. The molecular weight excluding hydrogens is 412 g/mol. The Morgan fingerprint density at radius 3 is 2.93 bits per heavy atom. The topological polar surface area (TPSA) is 118 Å². The van der Waals surface area contributed by atoms with Gasteiger partial charge in [0.25, 0.3) is 0 Å². The second-order valence-corrected chi connectivity index (χ2v) is 7.72. The first kappa shape index (κ1) is 19.4. The highest BCUT2D eigenvalue weighted by atomic mass is 35.5. The number of halogens is 1. The Kier molecular flexibility index (Phi) is 5.24. The van der Waals surface area contributed by atoms with Crippen molar-refractivity contribution in [3.05, 3.63) is 40.4 Å². The van der Waals surface area contributed by atoms with Crippen LogP contribution in [0.4, 0.5) is 5.95 Å². The normalized spacial score (nSPS) is 12.6. The van der Waals surface area contributed by atoms with Gasteiger partial charge in [-0.3, -0.25) is 9.69 Å². The van der Waals surface area contributed by atoms with Crippen LogP contribution in [-0.2, 0) is 22.7 Å². The number of amides is 1. The van der Waals surface area contributed by atoms with E-state index < -0.39 is 0 Å². The third-order valence-corrected chi connectivity index (χ3v) is 5.63. The summed E-state index contributed by atoms with van der Waals surface area (Å²) in [5.41, 5.74) is 8.64. The molecule has 29 heavy (non-hydrogen) atoms. The molecule has 0 unspecified atom stereocenters. The summed E-state index contributed by atoms with van der Waals surface area (Å²) in [6, 6.07) is 7.78. The highest BCUT2D eigenvalue weighted by Gasteiger charge is 2.21. The number of anilines is 1. The van der Waals surface area contributed by atoms with Crippen LogP contribution in [0.3, 0.4) is 0 Å². The molecule has 1 amide bonds. The molecule has 0 aliphatic carbocycles. The van der Waals surface area contributed by atoms with Gasteiger partial charge in [-0.1, -0.05) is 41.6 Å². The number of nitriles is 1. The maximum atomic E-state index is 11.9. The Labute approximate surface area is 175 Å². The summed E-state index contributed by atoms with van der Waals surface area (Å²) >= 11 is 7.67. The standard InChI is InChI=1S/C19H15ClN6O2S/c1-26(9-21)14(27)8-29-19-24-17(23-18(22)25-19)16-12-4-2-3-10-6-28-7-11(15(10)12)5-13(16)20/h2-5H,6-8H2,1H3,(H2,22,23,24,25). The van der Waals surface area contributed by atoms with Crippen molar-refractivity contribution in [2.75, 3.05) is 18.5 Å². The number of aromatic nitrogens is 3. The van der Waals surface area contributed by atoms with Crippen molar-refractivity contribution in [3.63, 3.8) is 0 Å². The van der Waals surface area contributed by atoms with Gasteiger partial charge in [-0.2, -0.15) is 15.2 Å². The lowest BCUT2D eigenvalue weighted by molar-refractivity contribution is -0.124. The smallest absolute Gasteiger partial charge is 0.245 e. The molecule has 2 aromatic carbocycles. The molecule has 2 N–H and O–H groups in total. The summed E-state index contributed by atoms with van der Waals surface area (Å²) in [5.74, 6) is -0.000571. The summed E-state index contributed by atoms with van der Waals surface area (Å²) in [6.45, 7) is 1.02. The van der Waals surface area contributed by atoms with E-state index in [1.807, 2.05) is 24.3 Å². The van der Waals surface area contributed by atoms with Gasteiger partial charge in [0, 0.05) is 12.6 Å². The molecule has 1 aliphatic heterocycles. The van der Waals surface area contributed by atoms with E-state index in [0.29, 0.717) is 29.6 Å². The van der Waals surface area contributed by atoms with Crippen LogP contribution in [0.15, 0.2) is 29.4 Å². The van der Waals surface area contributed by atoms with E-state index in [-0.39, 0.29) is 22.8 Å². The molecule has 2 heterocycles. The third kappa shape index (κ3) is 3.70. The average Bonchev–Trinajstić information content (AvgIpc) is 2.71. The lowest BCUT2D eigenvalue weighted by Crippen LogP contribution is -2.23. The first-order valence-corrected chi connectivity index (χ1v) is 9.96. The van der Waals surface area contributed by atoms with Gasteiger partial charge in [0.05, 0.1) is 24.0 Å². The van der Waals surface area contributed by atoms with E-state index in [1.54, 1.807) is 6.19 Å². The number of nitrogen functional groups attached to an aromatic ring is 1. The fraction of sp³-hybridized carbons (Fsp3) is 0.211. The number of nitrogens with zero attached hydrogens (tertiary/aromatic N) is 5. The van der Waals surface area contributed by atoms with Gasteiger partial charge in [-0.15, -0.1) is 0 Å². The van der Waals surface area contributed by atoms with Crippen LogP contribution in [0.25, 0.3) is 22.2 Å². The zero-order valence-corrected chi connectivity index (χ0v) is 16.9. The van der Waals surface area contributed by atoms with Gasteiger partial charge in [-0.25, -0.2) is 4.98 Å². The molecule has 146 valence electrons. The van der Waals surface area contributed by atoms with Crippen LogP contribution in [0.5, 0.6) is 0 Å². The molecule has 4 rings (SSSR count). The summed E-state index contributed by atoms with van der Waals surface area (Å²) in [7, 11) is 1.40. The van der Waals surface area contributed by atoms with Crippen molar-refractivity contribution in [1.29, 1.82) is 5.26 Å². The first-order chi connectivity index (χ1) is 14.0. The van der Waals surface area contributed by atoms with Crippen molar-refractivity contribution in [3.8, 4) is 17.6 Å². The highest BCUT2D eigenvalue weighted by molar-refractivity contribution is 7.99. The molecule has 8 nitrogen and oxygen atoms in total. The van der Waals surface area contributed by atoms with E-state index in [4.69, 9.17) is 27.3 Å². The van der Waals surface area contributed by atoms with Crippen molar-refractivity contribution < 1.29 is 9.53 Å². The molecule has 0 bridgehead atoms. The predicted octanol–water partition coefficient (Wildman–Crippen LogP) is 2.99. The van der Waals surface area contributed by atoms with E-state index in [0.717, 1.165) is 38.6 Å². The van der Waals surface area contributed by atoms with Gasteiger partial charge in [0.1, 0.15) is 0 Å². The summed E-state index contributed by atoms with van der Waals surface area (Å²) in [5, 5.41) is 11.6. The molecule has 0 saturated carbocycles. The number of carbonyl (C=O) groups is 1. The Balaban J connectivity index is 1.78. The fourth-order valence-corrected chi connectivity index (χ4v) is 4.25. The number of benzene rings is 2. The van der Waals surface area contributed by atoms with E-state index >= 15 is 0 Å². The number of hydrogen-bond donors (Lipinski definition) is 1. The van der Waals surface area contributed by atoms with Gasteiger partial charge in [0.2, 0.25) is 11.9 Å². The van der Waals surface area contributed by atoms with Crippen LogP contribution in [-0.4, -0.2) is 38.6 Å². The molecular formula is C19H15ClN6O2S. The monoisotopic (exact) mass is 426 g/mol. The van der Waals surface area contributed by atoms with Crippen LogP contribution in [0.2, 0.25) is 5.02 Å². The average molecular weight is 427 g/mol. The maximum Gasteiger partial charge on any atom is 0.245 e. The fourth-order valence-electron chi connectivity index (χ4n) is 3.17. The zero-order valence-electron chi connectivity index (χ0n) is 15.3. The highest BCUT2D eigenvalue weighted by Crippen LogP contribution is 2.39. The van der Waals surface area contributed by atoms with Crippen molar-refractivity contribution in [2.24, 2.45) is 0 Å². The summed E-state index contributed by atoms with van der Waals surface area (Å²) in [6.07, 6.45) is 1.76. The molecule has 10 heteroatoms. The Bertz CT molecular complexity index is 1180. The number of ether oxygens (including phenoxy) is 1. The van der Waals surface area contributed by atoms with Gasteiger partial charge in [0.15, 0.2) is 17.2 Å². The first-order valence-electron chi connectivity index (χ1n) is 8.59. The summed E-state index contributed by atoms with van der Waals surface area (Å²) in [4.78, 5) is 25.7. The number of carbonyl (C=O) groups excluding carboxylic acids is 1. The van der Waals surface area contributed by atoms with Crippen LogP contribution >= 0.6 is 23.4 Å². The largest absolute Gasteiger partial charge is 0.372 e. The zero-order chi connectivity index (χ0) is 20.5. The minimum absolute atomic E-state index is 0.00184. The number of rotatable bonds is 4. The van der Waals surface area contributed by atoms with Gasteiger partial charge in [-0.05, 0) is 28.0 Å². The van der Waals surface area contributed by atoms with Crippen molar-refractivity contribution >= 4 is 46.0 Å². The Morgan fingerprint density at radius 2 is 2.14 bits per heavy atom. The lowest BCUT2D eigenvalue weighted by Gasteiger charge is -2.20. The SMILES string of the molecule is CN(C#N)C(=O)CSc1nc(N)nc(-c2c(Cl)cc3c4c(cccc24)COC3)n1. The van der Waals surface area contributed by atoms with Crippen molar-refractivity contribution in [1.82, 2.24) is 19.9 Å². The minimum atomic E-state index is -0.363. The molecule has 0 spiro atoms. The van der Waals surface area contributed by atoms with Crippen LogP contribution in [0.1, 0.15) is 11.1 Å². The second-order valence-electron chi connectivity index (χ2n) is 6.37. The quantitative estimate of drug-likeness (QED) is 0.384. The Morgan fingerprint density at radius 1 is 1.34 bits per heavy atom. The molecule has 0 radical (unpaired) electrons. The third-order valence-electron chi connectivity index (χ3n) is 4.50. The number of nitrogens with two attached hydrogens (primary N) is 1. The molecule has 0 atom stereocenters. The van der Waals surface area contributed by atoms with Gasteiger partial charge >= 0.3 is 0 Å². The van der Waals surface area contributed by atoms with Crippen LogP contribution in [0, 0.1) is 11.5 Å². The van der Waals surface area contributed by atoms with E-state index in [1.165, 1.54) is 7.05 Å². The van der Waals surface area contributed by atoms with Crippen molar-refractivity contribution in [2.45, 2.75) is 18.4 Å². The van der Waals surface area contributed by atoms with E-state index in [2.05, 4.69) is 15.0 Å². The minimum Gasteiger partial charge on any atom is -0.372 e. The lowest BCUT2D eigenvalue weighted by atomic mass is 9.94. The van der Waals surface area contributed by atoms with Gasteiger partial charge < -0.3 is 10.5 Å². The predicted molar refractivity (Wildman–Crippen MR) is 110 cm³/mol. The Hall–Kier alpha value is -2.93. The molecule has 0 saturated heterocycles. The van der Waals surface area contributed by atoms with Crippen LogP contribution < -0.4 is 5.73 Å². The molecule has 1 aliphatic rings. The molecule has 0 fully saturated rings. The molecule has 1 aromatic heterocycles. The summed E-state index contributed by atoms with van der Waals surface area (Å²) < 4.78 is 5.63. The van der Waals surface area contributed by atoms with E-state index in [9.17, 15) is 4.79 Å². The number of hydrogen-bond acceptors (Lipinski definition) is 8. The molecule has 3 aromatic rings. The maximum absolute atomic E-state index is 11.9.